The molecule has 1 heterocycles. The van der Waals surface area contributed by atoms with Crippen molar-refractivity contribution in [2.75, 3.05) is 0 Å². The summed E-state index contributed by atoms with van der Waals surface area (Å²) in [6.45, 7) is 3.73. The molecule has 0 spiro atoms. The maximum Gasteiger partial charge on any atom is 0.341 e. The zero-order valence-electron chi connectivity index (χ0n) is 10.1. The van der Waals surface area contributed by atoms with Crippen LogP contribution in [-0.4, -0.2) is 21.2 Å². The number of hydrogen-bond acceptors (Lipinski definition) is 3. The van der Waals surface area contributed by atoms with E-state index in [0.29, 0.717) is 11.1 Å². The number of benzene rings is 1. The SMILES string of the molecule is Cc1ccc(-c2c(C)cnc(O)c2C(=O)O)cc1. The van der Waals surface area contributed by atoms with Gasteiger partial charge >= 0.3 is 5.97 Å². The Bertz CT molecular complexity index is 603. The Morgan fingerprint density at radius 3 is 2.33 bits per heavy atom. The molecule has 0 amide bonds. The number of carboxylic acids is 1. The van der Waals surface area contributed by atoms with Crippen molar-refractivity contribution in [3.63, 3.8) is 0 Å². The lowest BCUT2D eigenvalue weighted by Gasteiger charge is -2.11. The van der Waals surface area contributed by atoms with Gasteiger partial charge in [-0.15, -0.1) is 0 Å². The third-order valence-electron chi connectivity index (χ3n) is 2.80. The number of nitrogens with zero attached hydrogens (tertiary/aromatic N) is 1. The fraction of sp³-hybridized carbons (Fsp3) is 0.143. The van der Waals surface area contributed by atoms with Crippen molar-refractivity contribution in [3.8, 4) is 17.0 Å². The molecule has 0 atom stereocenters. The molecule has 0 aliphatic heterocycles. The molecule has 0 aliphatic carbocycles. The first kappa shape index (κ1) is 12.1. The van der Waals surface area contributed by atoms with E-state index in [-0.39, 0.29) is 5.56 Å². The Labute approximate surface area is 105 Å². The van der Waals surface area contributed by atoms with E-state index in [1.807, 2.05) is 31.2 Å². The molecule has 4 heteroatoms. The Kier molecular flexibility index (Phi) is 3.02. The third kappa shape index (κ3) is 2.05. The third-order valence-corrected chi connectivity index (χ3v) is 2.80. The zero-order chi connectivity index (χ0) is 13.3. The molecule has 0 saturated heterocycles. The summed E-state index contributed by atoms with van der Waals surface area (Å²) < 4.78 is 0. The molecule has 0 saturated carbocycles. The Balaban J connectivity index is 2.73. The predicted octanol–water partition coefficient (Wildman–Crippen LogP) is 2.77. The molecule has 0 fully saturated rings. The van der Waals surface area contributed by atoms with Gasteiger partial charge in [0.25, 0.3) is 0 Å². The van der Waals surface area contributed by atoms with Gasteiger partial charge in [-0.05, 0) is 25.0 Å². The van der Waals surface area contributed by atoms with Gasteiger partial charge in [0.2, 0.25) is 5.88 Å². The van der Waals surface area contributed by atoms with Crippen LogP contribution in [0.25, 0.3) is 11.1 Å². The highest BCUT2D eigenvalue weighted by atomic mass is 16.4. The van der Waals surface area contributed by atoms with Crippen molar-refractivity contribution in [2.24, 2.45) is 0 Å². The summed E-state index contributed by atoms with van der Waals surface area (Å²) in [6.07, 6.45) is 1.47. The minimum Gasteiger partial charge on any atom is -0.493 e. The fourth-order valence-electron chi connectivity index (χ4n) is 1.89. The molecule has 2 rings (SSSR count). The van der Waals surface area contributed by atoms with Gasteiger partial charge in [-0.25, -0.2) is 9.78 Å². The standard InChI is InChI=1S/C14H13NO3/c1-8-3-5-10(6-4-8)11-9(2)7-15-13(16)12(11)14(17)18/h3-7H,1-2H3,(H,15,16)(H,17,18). The van der Waals surface area contributed by atoms with Crippen molar-refractivity contribution in [1.29, 1.82) is 0 Å². The minimum absolute atomic E-state index is 0.154. The molecule has 4 nitrogen and oxygen atoms in total. The summed E-state index contributed by atoms with van der Waals surface area (Å²) in [5, 5.41) is 18.8. The lowest BCUT2D eigenvalue weighted by molar-refractivity contribution is 0.0693. The molecule has 1 aromatic carbocycles. The minimum atomic E-state index is -1.18. The lowest BCUT2D eigenvalue weighted by atomic mass is 9.96. The van der Waals surface area contributed by atoms with E-state index in [9.17, 15) is 15.0 Å². The number of aromatic carboxylic acids is 1. The second-order valence-corrected chi connectivity index (χ2v) is 4.19. The Morgan fingerprint density at radius 1 is 1.17 bits per heavy atom. The topological polar surface area (TPSA) is 70.4 Å². The van der Waals surface area contributed by atoms with Crippen molar-refractivity contribution < 1.29 is 15.0 Å². The Hall–Kier alpha value is -2.36. The maximum absolute atomic E-state index is 11.2. The van der Waals surface area contributed by atoms with Gasteiger partial charge in [0.15, 0.2) is 0 Å². The summed E-state index contributed by atoms with van der Waals surface area (Å²) in [5.41, 5.74) is 2.92. The van der Waals surface area contributed by atoms with E-state index in [2.05, 4.69) is 4.98 Å². The molecule has 0 radical (unpaired) electrons. The van der Waals surface area contributed by atoms with Crippen LogP contribution in [0.4, 0.5) is 0 Å². The monoisotopic (exact) mass is 243 g/mol. The normalized spacial score (nSPS) is 10.3. The molecule has 2 aromatic rings. The quantitative estimate of drug-likeness (QED) is 0.850. The number of carboxylic acid groups (broad SMARTS) is 1. The summed E-state index contributed by atoms with van der Waals surface area (Å²) in [7, 11) is 0. The number of aromatic nitrogens is 1. The largest absolute Gasteiger partial charge is 0.493 e. The van der Waals surface area contributed by atoms with Gasteiger partial charge in [0.05, 0.1) is 0 Å². The molecule has 0 bridgehead atoms. The number of aryl methyl sites for hydroxylation is 2. The van der Waals surface area contributed by atoms with Crippen LogP contribution in [-0.2, 0) is 0 Å². The number of aromatic hydroxyl groups is 1. The molecule has 2 N–H and O–H groups in total. The average Bonchev–Trinajstić information content (AvgIpc) is 2.32. The van der Waals surface area contributed by atoms with Crippen molar-refractivity contribution in [2.45, 2.75) is 13.8 Å². The first-order chi connectivity index (χ1) is 8.50. The van der Waals surface area contributed by atoms with E-state index in [4.69, 9.17) is 0 Å². The van der Waals surface area contributed by atoms with Crippen LogP contribution in [0.15, 0.2) is 30.5 Å². The maximum atomic E-state index is 11.2. The van der Waals surface area contributed by atoms with Crippen molar-refractivity contribution in [3.05, 3.63) is 47.2 Å². The van der Waals surface area contributed by atoms with Gasteiger partial charge in [0, 0.05) is 11.8 Å². The second kappa shape index (κ2) is 4.49. The number of carbonyl (C=O) groups is 1. The highest BCUT2D eigenvalue weighted by molar-refractivity contribution is 5.99. The fourth-order valence-corrected chi connectivity index (χ4v) is 1.89. The first-order valence-electron chi connectivity index (χ1n) is 5.49. The van der Waals surface area contributed by atoms with Gasteiger partial charge in [0.1, 0.15) is 5.56 Å². The van der Waals surface area contributed by atoms with Crippen LogP contribution in [0.5, 0.6) is 5.88 Å². The van der Waals surface area contributed by atoms with Crippen LogP contribution < -0.4 is 0 Å². The van der Waals surface area contributed by atoms with Crippen LogP contribution in [0.3, 0.4) is 0 Å². The van der Waals surface area contributed by atoms with Gasteiger partial charge in [-0.1, -0.05) is 29.8 Å². The van der Waals surface area contributed by atoms with Crippen molar-refractivity contribution >= 4 is 5.97 Å². The van der Waals surface area contributed by atoms with E-state index in [0.717, 1.165) is 11.1 Å². The molecule has 18 heavy (non-hydrogen) atoms. The molecular weight excluding hydrogens is 230 g/mol. The number of hydrogen-bond donors (Lipinski definition) is 2. The predicted molar refractivity (Wildman–Crippen MR) is 67.8 cm³/mol. The molecule has 1 aromatic heterocycles. The average molecular weight is 243 g/mol. The molecule has 92 valence electrons. The van der Waals surface area contributed by atoms with Crippen LogP contribution in [0, 0.1) is 13.8 Å². The van der Waals surface area contributed by atoms with Crippen LogP contribution in [0.2, 0.25) is 0 Å². The lowest BCUT2D eigenvalue weighted by Crippen LogP contribution is -2.03. The van der Waals surface area contributed by atoms with Crippen LogP contribution >= 0.6 is 0 Å². The summed E-state index contributed by atoms with van der Waals surface area (Å²) >= 11 is 0. The highest BCUT2D eigenvalue weighted by Gasteiger charge is 2.19. The van der Waals surface area contributed by atoms with E-state index in [1.165, 1.54) is 6.20 Å². The van der Waals surface area contributed by atoms with Gasteiger partial charge < -0.3 is 10.2 Å². The molecular formula is C14H13NO3. The first-order valence-corrected chi connectivity index (χ1v) is 5.49. The summed E-state index contributed by atoms with van der Waals surface area (Å²) in [4.78, 5) is 14.9. The molecule has 0 unspecified atom stereocenters. The van der Waals surface area contributed by atoms with Gasteiger partial charge in [-0.2, -0.15) is 0 Å². The van der Waals surface area contributed by atoms with Crippen molar-refractivity contribution in [1.82, 2.24) is 4.98 Å². The number of rotatable bonds is 2. The zero-order valence-corrected chi connectivity index (χ0v) is 10.1. The number of pyridine rings is 1. The second-order valence-electron chi connectivity index (χ2n) is 4.19. The summed E-state index contributed by atoms with van der Waals surface area (Å²) in [6, 6.07) is 7.48. The highest BCUT2D eigenvalue weighted by Crippen LogP contribution is 2.31. The van der Waals surface area contributed by atoms with Gasteiger partial charge in [-0.3, -0.25) is 0 Å². The smallest absolute Gasteiger partial charge is 0.341 e. The summed E-state index contributed by atoms with van der Waals surface area (Å²) in [5.74, 6) is -1.64. The van der Waals surface area contributed by atoms with E-state index < -0.39 is 11.8 Å². The molecule has 0 aliphatic rings. The van der Waals surface area contributed by atoms with E-state index >= 15 is 0 Å². The van der Waals surface area contributed by atoms with Crippen LogP contribution in [0.1, 0.15) is 21.5 Å². The van der Waals surface area contributed by atoms with E-state index in [1.54, 1.807) is 6.92 Å². The Morgan fingerprint density at radius 2 is 1.78 bits per heavy atom.